The number of halogens is 2. The molecule has 2 aliphatic rings. The van der Waals surface area contributed by atoms with E-state index in [-0.39, 0.29) is 28.7 Å². The minimum atomic E-state index is -0.780. The molecule has 0 aromatic carbocycles. The van der Waals surface area contributed by atoms with E-state index in [2.05, 4.69) is 23.9 Å². The zero-order chi connectivity index (χ0) is 29.5. The number of aryl methyl sites for hydroxylation is 1. The van der Waals surface area contributed by atoms with Gasteiger partial charge in [-0.2, -0.15) is 5.10 Å². The summed E-state index contributed by atoms with van der Waals surface area (Å²) in [5, 5.41) is 3.87. The van der Waals surface area contributed by atoms with Gasteiger partial charge in [-0.1, -0.05) is 44.9 Å². The van der Waals surface area contributed by atoms with Gasteiger partial charge in [-0.25, -0.2) is 19.3 Å². The van der Waals surface area contributed by atoms with E-state index < -0.39 is 33.2 Å². The van der Waals surface area contributed by atoms with Crippen molar-refractivity contribution in [2.75, 3.05) is 0 Å². The predicted molar refractivity (Wildman–Crippen MR) is 159 cm³/mol. The summed E-state index contributed by atoms with van der Waals surface area (Å²) < 4.78 is 11.3. The summed E-state index contributed by atoms with van der Waals surface area (Å²) in [4.78, 5) is 56.8. The van der Waals surface area contributed by atoms with E-state index in [1.54, 1.807) is 6.92 Å². The number of carbonyl (C=O) groups is 1. The topological polar surface area (TPSA) is 141 Å². The predicted octanol–water partition coefficient (Wildman–Crippen LogP) is 5.51. The molecule has 2 aliphatic carbocycles. The third kappa shape index (κ3) is 6.30. The van der Waals surface area contributed by atoms with Crippen molar-refractivity contribution in [2.24, 2.45) is 5.92 Å². The lowest BCUT2D eigenvalue weighted by molar-refractivity contribution is 0.109. The number of thioether (sulfide) groups is 1. The molecule has 2 fully saturated rings. The molecule has 0 saturated heterocycles. The Morgan fingerprint density at radius 3 is 2.44 bits per heavy atom. The number of aromatic nitrogens is 4. The Hall–Kier alpha value is -2.15. The minimum Gasteiger partial charge on any atom is -0.396 e. The minimum absolute atomic E-state index is 0.120. The largest absolute Gasteiger partial charge is 0.519 e. The molecular weight excluding hydrogens is 611 g/mol. The molecule has 5 rings (SSSR count). The zero-order valence-corrected chi connectivity index (χ0v) is 26.1. The van der Waals surface area contributed by atoms with Crippen LogP contribution in [0, 0.1) is 12.8 Å². The molecule has 0 spiro atoms. The third-order valence-electron chi connectivity index (χ3n) is 8.24. The van der Waals surface area contributed by atoms with Gasteiger partial charge in [0.15, 0.2) is 5.76 Å². The molecule has 3 aromatic heterocycles. The molecule has 0 radical (unpaired) electrons. The van der Waals surface area contributed by atoms with Gasteiger partial charge >= 0.3 is 11.5 Å². The molecule has 0 amide bonds. The first-order valence-corrected chi connectivity index (χ1v) is 16.4. The Labute approximate surface area is 254 Å². The third-order valence-corrected chi connectivity index (χ3v) is 11.6. The molecule has 222 valence electrons. The van der Waals surface area contributed by atoms with Gasteiger partial charge in [-0.15, -0.1) is 34.5 Å². The van der Waals surface area contributed by atoms with E-state index in [0.717, 1.165) is 54.3 Å². The SMILES string of the molecule is Cc1oc(=O)oc1CSC(=O)c1sc(C(C)(C)C2C(Cl)CC(n3ncc(=O)[nH]c3=O)CC2Cl)nc1C1CCCCC1. The quantitative estimate of drug-likeness (QED) is 0.330. The van der Waals surface area contributed by atoms with E-state index >= 15 is 0 Å². The Balaban J connectivity index is 1.42. The second-order valence-electron chi connectivity index (χ2n) is 11.4. The highest BCUT2D eigenvalue weighted by atomic mass is 35.5. The fraction of sp³-hybridized carbons (Fsp3) is 0.630. The van der Waals surface area contributed by atoms with Gasteiger partial charge in [0, 0.05) is 28.0 Å². The summed E-state index contributed by atoms with van der Waals surface area (Å²) in [5.41, 5.74) is -0.888. The Morgan fingerprint density at radius 2 is 1.83 bits per heavy atom. The van der Waals surface area contributed by atoms with Gasteiger partial charge in [0.05, 0.1) is 22.5 Å². The summed E-state index contributed by atoms with van der Waals surface area (Å²) in [6.07, 6.45) is 7.27. The standard InChI is InChI=1S/C27H32Cl2N4O6S2/c1-13-18(39-26(37)38-13)12-40-23(35)22-21(14-7-5-4-6-8-14)32-24(41-22)27(2,3)20-16(28)9-15(10-17(20)29)33-25(36)31-19(34)11-30-33/h11,14-17,20H,4-10,12H2,1-3H3,(H,31,34,36). The van der Waals surface area contributed by atoms with Gasteiger partial charge in [0.25, 0.3) is 5.56 Å². The lowest BCUT2D eigenvalue weighted by atomic mass is 9.69. The van der Waals surface area contributed by atoms with Crippen molar-refractivity contribution in [2.45, 2.75) is 99.6 Å². The smallest absolute Gasteiger partial charge is 0.396 e. The van der Waals surface area contributed by atoms with Crippen molar-refractivity contribution >= 4 is 51.4 Å². The van der Waals surface area contributed by atoms with Crippen LogP contribution in [0.15, 0.2) is 29.4 Å². The molecule has 2 saturated carbocycles. The van der Waals surface area contributed by atoms with E-state index in [4.69, 9.17) is 37.0 Å². The summed E-state index contributed by atoms with van der Waals surface area (Å²) in [6, 6.07) is -0.356. The van der Waals surface area contributed by atoms with Crippen LogP contribution in [-0.2, 0) is 11.2 Å². The number of carbonyl (C=O) groups excluding carboxylic acids is 1. The molecule has 3 heterocycles. The van der Waals surface area contributed by atoms with Crippen LogP contribution >= 0.6 is 46.3 Å². The molecule has 14 heteroatoms. The van der Waals surface area contributed by atoms with Crippen LogP contribution in [0.4, 0.5) is 0 Å². The van der Waals surface area contributed by atoms with Gasteiger partial charge in [0.1, 0.15) is 16.8 Å². The van der Waals surface area contributed by atoms with Crippen LogP contribution < -0.4 is 17.1 Å². The summed E-state index contributed by atoms with van der Waals surface area (Å²) in [6.45, 7) is 5.75. The van der Waals surface area contributed by atoms with Crippen LogP contribution in [0.3, 0.4) is 0 Å². The van der Waals surface area contributed by atoms with Crippen molar-refractivity contribution in [1.29, 1.82) is 0 Å². The summed E-state index contributed by atoms with van der Waals surface area (Å²) in [5.74, 6) is 0.116. The number of aromatic amines is 1. The average molecular weight is 644 g/mol. The number of thiazole rings is 1. The van der Waals surface area contributed by atoms with Crippen molar-refractivity contribution in [1.82, 2.24) is 19.7 Å². The van der Waals surface area contributed by atoms with Gasteiger partial charge in [-0.05, 0) is 32.6 Å². The van der Waals surface area contributed by atoms with Crippen molar-refractivity contribution < 1.29 is 13.6 Å². The zero-order valence-electron chi connectivity index (χ0n) is 23.0. The molecule has 2 atom stereocenters. The van der Waals surface area contributed by atoms with E-state index in [0.29, 0.717) is 29.2 Å². The highest BCUT2D eigenvalue weighted by molar-refractivity contribution is 8.13. The second-order valence-corrected chi connectivity index (χ2v) is 14.4. The Kier molecular flexibility index (Phi) is 9.04. The molecular formula is C27H32Cl2N4O6S2. The first-order chi connectivity index (χ1) is 19.5. The summed E-state index contributed by atoms with van der Waals surface area (Å²) in [7, 11) is 0. The molecule has 0 bridgehead atoms. The first-order valence-electron chi connectivity index (χ1n) is 13.7. The molecule has 3 aromatic rings. The van der Waals surface area contributed by atoms with Gasteiger partial charge in [-0.3, -0.25) is 14.6 Å². The van der Waals surface area contributed by atoms with Gasteiger partial charge in [0.2, 0.25) is 5.12 Å². The fourth-order valence-electron chi connectivity index (χ4n) is 6.11. The number of rotatable bonds is 7. The van der Waals surface area contributed by atoms with E-state index in [1.165, 1.54) is 22.4 Å². The second kappa shape index (κ2) is 12.2. The first kappa shape index (κ1) is 30.3. The van der Waals surface area contributed by atoms with Crippen molar-refractivity contribution in [3.8, 4) is 0 Å². The molecule has 1 N–H and O–H groups in total. The monoisotopic (exact) mass is 642 g/mol. The maximum absolute atomic E-state index is 13.6. The lowest BCUT2D eigenvalue weighted by Crippen LogP contribution is -2.48. The number of hydrogen-bond donors (Lipinski definition) is 1. The normalized spacial score (nSPS) is 24.0. The molecule has 0 aliphatic heterocycles. The molecule has 41 heavy (non-hydrogen) atoms. The number of H-pyrrole nitrogens is 1. The highest BCUT2D eigenvalue weighted by Gasteiger charge is 2.48. The van der Waals surface area contributed by atoms with Crippen LogP contribution in [0.5, 0.6) is 0 Å². The van der Waals surface area contributed by atoms with Crippen molar-refractivity contribution in [3.63, 3.8) is 0 Å². The molecule has 10 nitrogen and oxygen atoms in total. The van der Waals surface area contributed by atoms with Gasteiger partial charge < -0.3 is 8.83 Å². The number of alkyl halides is 2. The van der Waals surface area contributed by atoms with Crippen LogP contribution in [0.25, 0.3) is 0 Å². The number of nitrogens with zero attached hydrogens (tertiary/aromatic N) is 3. The molecule has 2 unspecified atom stereocenters. The lowest BCUT2D eigenvalue weighted by Gasteiger charge is -2.44. The number of nitrogens with one attached hydrogen (secondary N) is 1. The van der Waals surface area contributed by atoms with E-state index in [1.807, 2.05) is 0 Å². The fourth-order valence-corrected chi connectivity index (χ4v) is 9.78. The maximum atomic E-state index is 13.6. The Morgan fingerprint density at radius 1 is 1.15 bits per heavy atom. The maximum Gasteiger partial charge on any atom is 0.519 e. The van der Waals surface area contributed by atoms with Crippen molar-refractivity contribution in [3.05, 3.63) is 64.8 Å². The summed E-state index contributed by atoms with van der Waals surface area (Å²) >= 11 is 16.4. The number of hydrogen-bond acceptors (Lipinski definition) is 10. The van der Waals surface area contributed by atoms with E-state index in [9.17, 15) is 19.2 Å². The average Bonchev–Trinajstić information content (AvgIpc) is 3.50. The van der Waals surface area contributed by atoms with Crippen LogP contribution in [0.1, 0.15) is 103 Å². The highest BCUT2D eigenvalue weighted by Crippen LogP contribution is 2.50. The Bertz CT molecular complexity index is 1570. The van der Waals surface area contributed by atoms with Crippen LogP contribution in [-0.4, -0.2) is 35.6 Å². The van der Waals surface area contributed by atoms with Crippen LogP contribution in [0.2, 0.25) is 0 Å².